The lowest BCUT2D eigenvalue weighted by molar-refractivity contribution is -0.104. The summed E-state index contributed by atoms with van der Waals surface area (Å²) >= 11 is 1.25. The fraction of sp³-hybridized carbons (Fsp3) is 0.280. The van der Waals surface area contributed by atoms with E-state index in [2.05, 4.69) is 13.0 Å². The fourth-order valence-electron chi connectivity index (χ4n) is 2.12. The van der Waals surface area contributed by atoms with Crippen molar-refractivity contribution in [3.63, 3.8) is 0 Å². The zero-order valence-corrected chi connectivity index (χ0v) is 19.3. The number of phenols is 1. The van der Waals surface area contributed by atoms with Gasteiger partial charge < -0.3 is 9.84 Å². The lowest BCUT2D eigenvalue weighted by Crippen LogP contribution is -1.99. The van der Waals surface area contributed by atoms with Gasteiger partial charge in [0.05, 0.1) is 7.11 Å². The maximum atomic E-state index is 11.5. The van der Waals surface area contributed by atoms with E-state index in [9.17, 15) is 9.90 Å². The Morgan fingerprint density at radius 1 is 1.13 bits per heavy atom. The van der Waals surface area contributed by atoms with Crippen molar-refractivity contribution in [1.82, 2.24) is 0 Å². The number of phenolic OH excluding ortho intramolecular Hbond substituents is 1. The first-order valence-corrected chi connectivity index (χ1v) is 10.9. The van der Waals surface area contributed by atoms with Crippen LogP contribution >= 0.6 is 11.8 Å². The average Bonchev–Trinajstić information content (AvgIpc) is 2.77. The average molecular weight is 428 g/mol. The largest absolute Gasteiger partial charge is 0.508 e. The Morgan fingerprint density at radius 2 is 1.80 bits per heavy atom. The monoisotopic (exact) mass is 427 g/mol. The number of carbonyl (C=O) groups excluding carboxylic acids is 1. The smallest absolute Gasteiger partial charge is 0.152 e. The molecule has 0 unspecified atom stereocenters. The van der Waals surface area contributed by atoms with E-state index in [0.29, 0.717) is 17.6 Å². The van der Waals surface area contributed by atoms with Gasteiger partial charge in [0.25, 0.3) is 0 Å². The summed E-state index contributed by atoms with van der Waals surface area (Å²) in [6.45, 7) is 8.09. The van der Waals surface area contributed by atoms with Crippen molar-refractivity contribution in [2.24, 2.45) is 0 Å². The first-order chi connectivity index (χ1) is 14.5. The van der Waals surface area contributed by atoms with Gasteiger partial charge in [0.1, 0.15) is 16.5 Å². The zero-order valence-electron chi connectivity index (χ0n) is 18.5. The molecule has 0 bridgehead atoms. The lowest BCUT2D eigenvalue weighted by Gasteiger charge is -2.08. The topological polar surface area (TPSA) is 70.4 Å². The number of hydrogen-bond acceptors (Lipinski definition) is 5. The first-order valence-electron chi connectivity index (χ1n) is 10.0. The number of rotatable bonds is 10. The van der Waals surface area contributed by atoms with Crippen LogP contribution in [0.4, 0.5) is 0 Å². The predicted molar refractivity (Wildman–Crippen MR) is 131 cm³/mol. The van der Waals surface area contributed by atoms with Gasteiger partial charge in [0, 0.05) is 17.2 Å². The van der Waals surface area contributed by atoms with Crippen molar-refractivity contribution >= 4 is 29.2 Å². The summed E-state index contributed by atoms with van der Waals surface area (Å²) in [6, 6.07) is 4.63. The van der Waals surface area contributed by atoms with Gasteiger partial charge in [-0.3, -0.25) is 10.2 Å². The number of benzene rings is 1. The SMILES string of the molecule is CC.CC\C=C/C=C\C=C\C=C(/CC)SC(=N)/C(C=O)=C/c1ccc(O)cc1OC. The summed E-state index contributed by atoms with van der Waals surface area (Å²) in [5.41, 5.74) is 0.877. The highest BCUT2D eigenvalue weighted by Crippen LogP contribution is 2.28. The van der Waals surface area contributed by atoms with Crippen LogP contribution in [0.5, 0.6) is 11.5 Å². The lowest BCUT2D eigenvalue weighted by atomic mass is 10.1. The molecule has 0 atom stereocenters. The summed E-state index contributed by atoms with van der Waals surface area (Å²) in [4.78, 5) is 12.5. The van der Waals surface area contributed by atoms with Gasteiger partial charge in [-0.25, -0.2) is 0 Å². The third-order valence-electron chi connectivity index (χ3n) is 3.60. The number of allylic oxidation sites excluding steroid dienone is 8. The molecule has 0 aliphatic carbocycles. The van der Waals surface area contributed by atoms with Gasteiger partial charge in [0.15, 0.2) is 6.29 Å². The molecule has 5 heteroatoms. The van der Waals surface area contributed by atoms with Crippen LogP contribution in [0.3, 0.4) is 0 Å². The molecule has 0 aliphatic heterocycles. The summed E-state index contributed by atoms with van der Waals surface area (Å²) in [5.74, 6) is 0.517. The van der Waals surface area contributed by atoms with Crippen molar-refractivity contribution in [3.05, 3.63) is 76.8 Å². The standard InChI is InChI=1S/C23H27NO3S.C2H6/c1-4-6-7-8-9-10-11-12-21(5-2)28-23(24)19(17-25)15-18-13-14-20(26)16-22(18)27-3;1-2/h6-17,24,26H,4-5H2,1-3H3;1-2H3/b7-6-,9-8-,11-10+,19-15+,21-12+,24-23?;. The van der Waals surface area contributed by atoms with Gasteiger partial charge in [-0.05, 0) is 36.0 Å². The van der Waals surface area contributed by atoms with Crippen LogP contribution in [0, 0.1) is 5.41 Å². The minimum absolute atomic E-state index is 0.0772. The van der Waals surface area contributed by atoms with Crippen molar-refractivity contribution in [2.75, 3.05) is 7.11 Å². The van der Waals surface area contributed by atoms with Gasteiger partial charge in [-0.15, -0.1) is 0 Å². The van der Waals surface area contributed by atoms with Crippen LogP contribution in [-0.2, 0) is 4.79 Å². The molecule has 0 heterocycles. The molecule has 1 rings (SSSR count). The first kappa shape index (κ1) is 27.2. The Kier molecular flexibility index (Phi) is 15.5. The molecule has 0 amide bonds. The number of aromatic hydroxyl groups is 1. The van der Waals surface area contributed by atoms with E-state index in [1.54, 1.807) is 12.1 Å². The zero-order chi connectivity index (χ0) is 22.8. The summed E-state index contributed by atoms with van der Waals surface area (Å²) < 4.78 is 5.22. The van der Waals surface area contributed by atoms with Crippen LogP contribution in [0.1, 0.15) is 46.1 Å². The summed E-state index contributed by atoms with van der Waals surface area (Å²) in [5, 5.41) is 18.0. The highest BCUT2D eigenvalue weighted by molar-refractivity contribution is 8.17. The Bertz CT molecular complexity index is 818. The number of nitrogens with one attached hydrogen (secondary N) is 1. The Balaban J connectivity index is 0.00000407. The Labute approximate surface area is 185 Å². The van der Waals surface area contributed by atoms with E-state index in [-0.39, 0.29) is 16.4 Å². The van der Waals surface area contributed by atoms with E-state index < -0.39 is 0 Å². The Hall–Kier alpha value is -2.79. The normalized spacial score (nSPS) is 12.3. The minimum Gasteiger partial charge on any atom is -0.508 e. The second-order valence-electron chi connectivity index (χ2n) is 5.67. The van der Waals surface area contributed by atoms with E-state index in [1.165, 1.54) is 31.0 Å². The quantitative estimate of drug-likeness (QED) is 0.137. The second kappa shape index (κ2) is 17.1. The molecule has 0 aromatic heterocycles. The molecule has 162 valence electrons. The molecule has 0 saturated carbocycles. The second-order valence-corrected chi connectivity index (χ2v) is 6.80. The minimum atomic E-state index is 0.0772. The van der Waals surface area contributed by atoms with Gasteiger partial charge in [0.2, 0.25) is 0 Å². The third kappa shape index (κ3) is 10.7. The molecule has 4 nitrogen and oxygen atoms in total. The molecule has 0 radical (unpaired) electrons. The van der Waals surface area contributed by atoms with Crippen LogP contribution in [0.2, 0.25) is 0 Å². The van der Waals surface area contributed by atoms with E-state index in [4.69, 9.17) is 10.1 Å². The predicted octanol–water partition coefficient (Wildman–Crippen LogP) is 7.09. The fourth-order valence-corrected chi connectivity index (χ4v) is 2.90. The molecule has 0 saturated heterocycles. The van der Waals surface area contributed by atoms with Crippen LogP contribution in [0.25, 0.3) is 6.08 Å². The third-order valence-corrected chi connectivity index (χ3v) is 4.72. The molecule has 1 aromatic carbocycles. The number of ether oxygens (including phenoxy) is 1. The van der Waals surface area contributed by atoms with Crippen LogP contribution in [0.15, 0.2) is 71.2 Å². The molecule has 0 spiro atoms. The molecule has 1 aromatic rings. The molecule has 0 fully saturated rings. The van der Waals surface area contributed by atoms with E-state index in [1.807, 2.05) is 57.2 Å². The maximum absolute atomic E-state index is 11.5. The van der Waals surface area contributed by atoms with Crippen LogP contribution < -0.4 is 4.74 Å². The van der Waals surface area contributed by atoms with E-state index in [0.717, 1.165) is 17.7 Å². The van der Waals surface area contributed by atoms with E-state index >= 15 is 0 Å². The van der Waals surface area contributed by atoms with Gasteiger partial charge >= 0.3 is 0 Å². The number of methoxy groups -OCH3 is 1. The number of hydrogen-bond donors (Lipinski definition) is 2. The van der Waals surface area contributed by atoms with Gasteiger partial charge in [-0.1, -0.05) is 82.0 Å². The molecular weight excluding hydrogens is 394 g/mol. The van der Waals surface area contributed by atoms with Crippen LogP contribution in [-0.4, -0.2) is 23.5 Å². The molecule has 2 N–H and O–H groups in total. The number of carbonyl (C=O) groups is 1. The van der Waals surface area contributed by atoms with Crippen molar-refractivity contribution in [1.29, 1.82) is 5.41 Å². The van der Waals surface area contributed by atoms with Crippen molar-refractivity contribution < 1.29 is 14.6 Å². The summed E-state index contributed by atoms with van der Waals surface area (Å²) in [7, 11) is 1.49. The molecular formula is C25H33NO3S. The maximum Gasteiger partial charge on any atom is 0.152 e. The molecule has 30 heavy (non-hydrogen) atoms. The highest BCUT2D eigenvalue weighted by Gasteiger charge is 2.10. The molecule has 0 aliphatic rings. The summed E-state index contributed by atoms with van der Waals surface area (Å²) in [6.07, 6.45) is 17.8. The van der Waals surface area contributed by atoms with Crippen molar-refractivity contribution in [2.45, 2.75) is 40.5 Å². The number of thioether (sulfide) groups is 1. The Morgan fingerprint density at radius 3 is 2.40 bits per heavy atom. The van der Waals surface area contributed by atoms with Gasteiger partial charge in [-0.2, -0.15) is 0 Å². The highest BCUT2D eigenvalue weighted by atomic mass is 32.2. The number of aldehydes is 1. The van der Waals surface area contributed by atoms with Crippen molar-refractivity contribution in [3.8, 4) is 11.5 Å².